The van der Waals surface area contributed by atoms with Crippen LogP contribution in [0.5, 0.6) is 5.75 Å². The molecule has 0 aromatic heterocycles. The predicted molar refractivity (Wildman–Crippen MR) is 137 cm³/mol. The molecule has 35 heavy (non-hydrogen) atoms. The Balaban J connectivity index is 1.80. The van der Waals surface area contributed by atoms with Crippen molar-refractivity contribution in [1.82, 2.24) is 4.90 Å². The molecule has 1 fully saturated rings. The Kier molecular flexibility index (Phi) is 6.79. The molecular weight excluding hydrogens is 438 g/mol. The normalized spacial score (nSPS) is 17.6. The van der Waals surface area contributed by atoms with Crippen LogP contribution in [0.15, 0.2) is 84.4 Å². The van der Waals surface area contributed by atoms with E-state index in [1.165, 1.54) is 0 Å². The van der Waals surface area contributed by atoms with E-state index in [0.717, 1.165) is 16.7 Å². The highest BCUT2D eigenvalue weighted by Crippen LogP contribution is 2.40. The number of aliphatic hydroxyl groups excluding tert-OH is 1. The highest BCUT2D eigenvalue weighted by atomic mass is 16.5. The lowest BCUT2D eigenvalue weighted by Gasteiger charge is -2.26. The van der Waals surface area contributed by atoms with Crippen molar-refractivity contribution in [2.45, 2.75) is 38.6 Å². The van der Waals surface area contributed by atoms with Crippen LogP contribution in [0.4, 0.5) is 0 Å². The number of ether oxygens (including phenoxy) is 1. The lowest BCUT2D eigenvalue weighted by molar-refractivity contribution is -0.139. The molecule has 1 aliphatic rings. The Labute approximate surface area is 206 Å². The van der Waals surface area contributed by atoms with Crippen molar-refractivity contribution in [3.05, 3.63) is 107 Å². The van der Waals surface area contributed by atoms with Gasteiger partial charge in [0.25, 0.3) is 11.7 Å². The second-order valence-corrected chi connectivity index (χ2v) is 9.83. The molecule has 4 rings (SSSR count). The fourth-order valence-electron chi connectivity index (χ4n) is 4.44. The summed E-state index contributed by atoms with van der Waals surface area (Å²) in [6.07, 6.45) is 0.601. The van der Waals surface area contributed by atoms with Crippen LogP contribution in [-0.2, 0) is 21.4 Å². The van der Waals surface area contributed by atoms with Crippen molar-refractivity contribution >= 4 is 17.4 Å². The standard InChI is InChI=1S/C30H31NO4/c1-30(2,3)23-15-13-21(14-16-23)26-25(27(32)22-11-8-12-24(19-22)35-4)28(33)29(34)31(26)18-17-20-9-6-5-7-10-20/h5-16,19,26,32H,17-18H2,1-4H3/b27-25+. The van der Waals surface area contributed by atoms with Gasteiger partial charge in [0.15, 0.2) is 0 Å². The molecule has 1 unspecified atom stereocenters. The van der Waals surface area contributed by atoms with Crippen molar-refractivity contribution in [3.8, 4) is 5.75 Å². The van der Waals surface area contributed by atoms with E-state index in [0.29, 0.717) is 24.3 Å². The lowest BCUT2D eigenvalue weighted by atomic mass is 9.85. The summed E-state index contributed by atoms with van der Waals surface area (Å²) in [5.74, 6) is -0.925. The number of methoxy groups -OCH3 is 1. The van der Waals surface area contributed by atoms with Gasteiger partial charge in [-0.15, -0.1) is 0 Å². The number of carbonyl (C=O) groups excluding carboxylic acids is 2. The molecule has 0 saturated carbocycles. The Morgan fingerprint density at radius 1 is 0.943 bits per heavy atom. The third-order valence-electron chi connectivity index (χ3n) is 6.46. The molecule has 5 nitrogen and oxygen atoms in total. The minimum atomic E-state index is -0.682. The van der Waals surface area contributed by atoms with E-state index in [9.17, 15) is 14.7 Å². The molecule has 1 atom stereocenters. The van der Waals surface area contributed by atoms with Gasteiger partial charge in [-0.2, -0.15) is 0 Å². The summed E-state index contributed by atoms with van der Waals surface area (Å²) in [6.45, 7) is 6.76. The van der Waals surface area contributed by atoms with Crippen molar-refractivity contribution in [2.24, 2.45) is 0 Å². The first-order valence-corrected chi connectivity index (χ1v) is 11.8. The first kappa shape index (κ1) is 24.3. The van der Waals surface area contributed by atoms with Gasteiger partial charge in [0.05, 0.1) is 18.7 Å². The second-order valence-electron chi connectivity index (χ2n) is 9.83. The summed E-state index contributed by atoms with van der Waals surface area (Å²) < 4.78 is 5.28. The number of benzene rings is 3. The maximum absolute atomic E-state index is 13.3. The van der Waals surface area contributed by atoms with Gasteiger partial charge in [-0.05, 0) is 40.7 Å². The first-order chi connectivity index (χ1) is 16.7. The summed E-state index contributed by atoms with van der Waals surface area (Å²) in [5, 5.41) is 11.3. The average molecular weight is 470 g/mol. The van der Waals surface area contributed by atoms with Crippen LogP contribution in [0.2, 0.25) is 0 Å². The molecular formula is C30H31NO4. The quantitative estimate of drug-likeness (QED) is 0.288. The van der Waals surface area contributed by atoms with Crippen molar-refractivity contribution < 1.29 is 19.4 Å². The second kappa shape index (κ2) is 9.79. The predicted octanol–water partition coefficient (Wildman–Crippen LogP) is 5.66. The fourth-order valence-corrected chi connectivity index (χ4v) is 4.44. The largest absolute Gasteiger partial charge is 0.507 e. The van der Waals surface area contributed by atoms with Crippen LogP contribution in [0.3, 0.4) is 0 Å². The Morgan fingerprint density at radius 3 is 2.26 bits per heavy atom. The molecule has 1 saturated heterocycles. The summed E-state index contributed by atoms with van der Waals surface area (Å²) in [6, 6.07) is 24.0. The maximum atomic E-state index is 13.3. The van der Waals surface area contributed by atoms with Gasteiger partial charge in [0, 0.05) is 12.1 Å². The molecule has 0 bridgehead atoms. The molecule has 0 aliphatic carbocycles. The average Bonchev–Trinajstić information content (AvgIpc) is 3.12. The molecule has 1 amide bonds. The van der Waals surface area contributed by atoms with Crippen LogP contribution in [0.25, 0.3) is 5.76 Å². The smallest absolute Gasteiger partial charge is 0.295 e. The van der Waals surface area contributed by atoms with Crippen molar-refractivity contribution in [1.29, 1.82) is 0 Å². The number of carbonyl (C=O) groups is 2. The van der Waals surface area contributed by atoms with E-state index < -0.39 is 17.7 Å². The Bertz CT molecular complexity index is 1250. The van der Waals surface area contributed by atoms with Crippen LogP contribution in [0.1, 0.15) is 49.1 Å². The maximum Gasteiger partial charge on any atom is 0.295 e. The van der Waals surface area contributed by atoms with E-state index in [-0.39, 0.29) is 16.7 Å². The SMILES string of the molecule is COc1cccc(/C(O)=C2\C(=O)C(=O)N(CCc3ccccc3)C2c2ccc(C(C)(C)C)cc2)c1. The number of nitrogens with zero attached hydrogens (tertiary/aromatic N) is 1. The third kappa shape index (κ3) is 4.99. The van der Waals surface area contributed by atoms with Gasteiger partial charge in [0.1, 0.15) is 11.5 Å². The fraction of sp³-hybridized carbons (Fsp3) is 0.267. The van der Waals surface area contributed by atoms with Crippen LogP contribution in [0, 0.1) is 0 Å². The lowest BCUT2D eigenvalue weighted by Crippen LogP contribution is -2.31. The van der Waals surface area contributed by atoms with Gasteiger partial charge >= 0.3 is 0 Å². The monoisotopic (exact) mass is 469 g/mol. The summed E-state index contributed by atoms with van der Waals surface area (Å²) in [7, 11) is 1.54. The molecule has 180 valence electrons. The number of likely N-dealkylation sites (tertiary alicyclic amines) is 1. The molecule has 5 heteroatoms. The summed E-state index contributed by atoms with van der Waals surface area (Å²) in [5.41, 5.74) is 3.50. The number of rotatable bonds is 6. The van der Waals surface area contributed by atoms with Crippen molar-refractivity contribution in [2.75, 3.05) is 13.7 Å². The molecule has 1 N–H and O–H groups in total. The van der Waals surface area contributed by atoms with Gasteiger partial charge in [0.2, 0.25) is 0 Å². The van der Waals surface area contributed by atoms with E-state index in [2.05, 4.69) is 20.8 Å². The summed E-state index contributed by atoms with van der Waals surface area (Å²) >= 11 is 0. The highest BCUT2D eigenvalue weighted by molar-refractivity contribution is 6.46. The number of hydrogen-bond donors (Lipinski definition) is 1. The molecule has 1 heterocycles. The molecule has 0 radical (unpaired) electrons. The summed E-state index contributed by atoms with van der Waals surface area (Å²) in [4.78, 5) is 28.1. The third-order valence-corrected chi connectivity index (χ3v) is 6.46. The molecule has 1 aliphatic heterocycles. The number of Topliss-reactive ketones (excluding diaryl/α,β-unsaturated/α-hetero) is 1. The topological polar surface area (TPSA) is 66.8 Å². The van der Waals surface area contributed by atoms with Gasteiger partial charge in [-0.1, -0.05) is 87.5 Å². The van der Waals surface area contributed by atoms with Gasteiger partial charge in [-0.3, -0.25) is 9.59 Å². The first-order valence-electron chi connectivity index (χ1n) is 11.8. The highest BCUT2D eigenvalue weighted by Gasteiger charge is 2.45. The minimum Gasteiger partial charge on any atom is -0.507 e. The number of ketones is 1. The van der Waals surface area contributed by atoms with Crippen LogP contribution >= 0.6 is 0 Å². The number of aliphatic hydroxyl groups is 1. The zero-order valence-corrected chi connectivity index (χ0v) is 20.6. The van der Waals surface area contributed by atoms with Crippen LogP contribution in [-0.4, -0.2) is 35.4 Å². The zero-order valence-electron chi connectivity index (χ0n) is 20.6. The Hall–Kier alpha value is -3.86. The zero-order chi connectivity index (χ0) is 25.2. The number of amides is 1. The minimum absolute atomic E-state index is 0.0335. The van der Waals surface area contributed by atoms with E-state index in [4.69, 9.17) is 4.74 Å². The van der Waals surface area contributed by atoms with E-state index in [1.54, 1.807) is 36.3 Å². The molecule has 3 aromatic carbocycles. The van der Waals surface area contributed by atoms with Crippen molar-refractivity contribution in [3.63, 3.8) is 0 Å². The Morgan fingerprint density at radius 2 is 1.63 bits per heavy atom. The van der Waals surface area contributed by atoms with E-state index in [1.807, 2.05) is 54.6 Å². The molecule has 0 spiro atoms. The van der Waals surface area contributed by atoms with Crippen LogP contribution < -0.4 is 4.74 Å². The number of hydrogen-bond acceptors (Lipinski definition) is 4. The van der Waals surface area contributed by atoms with E-state index >= 15 is 0 Å². The van der Waals surface area contributed by atoms with Gasteiger partial charge < -0.3 is 14.7 Å². The molecule has 3 aromatic rings. The van der Waals surface area contributed by atoms with Gasteiger partial charge in [-0.25, -0.2) is 0 Å².